The van der Waals surface area contributed by atoms with E-state index in [1.165, 1.54) is 6.07 Å². The summed E-state index contributed by atoms with van der Waals surface area (Å²) in [6, 6.07) is 19.6. The summed E-state index contributed by atoms with van der Waals surface area (Å²) >= 11 is 3.37. The highest BCUT2D eigenvalue weighted by atomic mass is 79.9. The Balaban J connectivity index is 2.14. The van der Waals surface area contributed by atoms with Crippen molar-refractivity contribution < 1.29 is 9.66 Å². The lowest BCUT2D eigenvalue weighted by Crippen LogP contribution is -2.44. The third-order valence-electron chi connectivity index (χ3n) is 4.77. The number of rotatable bonds is 2. The van der Waals surface area contributed by atoms with E-state index < -0.39 is 15.2 Å². The number of nitro benzene ring substituents is 1. The van der Waals surface area contributed by atoms with Gasteiger partial charge in [0.2, 0.25) is 5.90 Å². The van der Waals surface area contributed by atoms with E-state index in [0.29, 0.717) is 16.9 Å². The minimum Gasteiger partial charge on any atom is -0.441 e. The normalized spacial score (nSPS) is 21.2. The SMILES string of the molecule is N#CC1(Br)C(=N)Oc2ccc3ccccc3c2C1c1ccccc1[N+](=O)[O-]. The second-order valence-electron chi connectivity index (χ2n) is 6.20. The summed E-state index contributed by atoms with van der Waals surface area (Å²) in [5, 5.41) is 31.6. The first-order valence-corrected chi connectivity index (χ1v) is 8.88. The summed E-state index contributed by atoms with van der Waals surface area (Å²) in [5.74, 6) is -0.658. The predicted octanol–water partition coefficient (Wildman–Crippen LogP) is 4.91. The molecule has 27 heavy (non-hydrogen) atoms. The van der Waals surface area contributed by atoms with Crippen LogP contribution in [-0.4, -0.2) is 15.1 Å². The fraction of sp³-hybridized carbons (Fsp3) is 0.100. The van der Waals surface area contributed by atoms with Crippen molar-refractivity contribution in [1.29, 1.82) is 10.7 Å². The highest BCUT2D eigenvalue weighted by Crippen LogP contribution is 2.52. The van der Waals surface area contributed by atoms with E-state index in [9.17, 15) is 15.4 Å². The van der Waals surface area contributed by atoms with Crippen LogP contribution in [0, 0.1) is 26.9 Å². The quantitative estimate of drug-likeness (QED) is 0.360. The van der Waals surface area contributed by atoms with Crippen LogP contribution in [0.3, 0.4) is 0 Å². The van der Waals surface area contributed by atoms with Crippen molar-refractivity contribution in [3.8, 4) is 11.8 Å². The molecule has 0 bridgehead atoms. The van der Waals surface area contributed by atoms with Crippen LogP contribution >= 0.6 is 15.9 Å². The van der Waals surface area contributed by atoms with Crippen LogP contribution < -0.4 is 4.74 Å². The molecule has 1 N–H and O–H groups in total. The van der Waals surface area contributed by atoms with Gasteiger partial charge in [-0.15, -0.1) is 0 Å². The number of halogens is 1. The average molecular weight is 422 g/mol. The van der Waals surface area contributed by atoms with Crippen LogP contribution in [0.4, 0.5) is 5.69 Å². The minimum atomic E-state index is -1.56. The van der Waals surface area contributed by atoms with Crippen molar-refractivity contribution in [2.45, 2.75) is 10.2 Å². The van der Waals surface area contributed by atoms with Crippen LogP contribution in [0.1, 0.15) is 17.0 Å². The van der Waals surface area contributed by atoms with Gasteiger partial charge in [-0.3, -0.25) is 15.5 Å². The van der Waals surface area contributed by atoms with E-state index >= 15 is 0 Å². The molecule has 3 aromatic rings. The fourth-order valence-corrected chi connectivity index (χ4v) is 4.12. The molecule has 0 aromatic heterocycles. The first kappa shape index (κ1) is 17.2. The highest BCUT2D eigenvalue weighted by molar-refractivity contribution is 9.10. The smallest absolute Gasteiger partial charge is 0.273 e. The summed E-state index contributed by atoms with van der Waals surface area (Å²) in [6.45, 7) is 0. The van der Waals surface area contributed by atoms with Crippen LogP contribution in [0.15, 0.2) is 60.7 Å². The Morgan fingerprint density at radius 2 is 1.85 bits per heavy atom. The molecule has 4 rings (SSSR count). The van der Waals surface area contributed by atoms with Gasteiger partial charge >= 0.3 is 0 Å². The number of fused-ring (bicyclic) bond motifs is 3. The Morgan fingerprint density at radius 3 is 2.59 bits per heavy atom. The van der Waals surface area contributed by atoms with Gasteiger partial charge in [-0.05, 0) is 16.8 Å². The maximum atomic E-state index is 11.6. The molecule has 0 radical (unpaired) electrons. The first-order chi connectivity index (χ1) is 13.0. The Hall–Kier alpha value is -3.24. The van der Waals surface area contributed by atoms with Gasteiger partial charge in [0.15, 0.2) is 4.32 Å². The van der Waals surface area contributed by atoms with Crippen LogP contribution in [-0.2, 0) is 0 Å². The van der Waals surface area contributed by atoms with Crippen molar-refractivity contribution >= 4 is 38.3 Å². The van der Waals surface area contributed by atoms with Gasteiger partial charge in [0.1, 0.15) is 5.75 Å². The minimum absolute atomic E-state index is 0.102. The first-order valence-electron chi connectivity index (χ1n) is 8.09. The third kappa shape index (κ3) is 2.49. The summed E-state index contributed by atoms with van der Waals surface area (Å²) in [7, 11) is 0. The molecule has 0 saturated carbocycles. The van der Waals surface area contributed by atoms with Crippen molar-refractivity contribution in [3.63, 3.8) is 0 Å². The van der Waals surface area contributed by atoms with Gasteiger partial charge in [0.25, 0.3) is 5.69 Å². The number of para-hydroxylation sites is 1. The van der Waals surface area contributed by atoms with E-state index in [1.807, 2.05) is 30.3 Å². The molecule has 2 unspecified atom stereocenters. The highest BCUT2D eigenvalue weighted by Gasteiger charge is 2.51. The van der Waals surface area contributed by atoms with Gasteiger partial charge in [-0.1, -0.05) is 64.5 Å². The number of benzene rings is 3. The molecule has 1 aliphatic heterocycles. The molecule has 0 fully saturated rings. The van der Waals surface area contributed by atoms with Crippen LogP contribution in [0.25, 0.3) is 10.8 Å². The van der Waals surface area contributed by atoms with E-state index in [0.717, 1.165) is 10.8 Å². The third-order valence-corrected chi connectivity index (χ3v) is 5.76. The zero-order chi connectivity index (χ0) is 19.2. The number of hydrogen-bond donors (Lipinski definition) is 1. The van der Waals surface area contributed by atoms with Gasteiger partial charge < -0.3 is 4.74 Å². The monoisotopic (exact) mass is 421 g/mol. The fourth-order valence-electron chi connectivity index (χ4n) is 3.56. The number of nitro groups is 1. The number of nitriles is 1. The van der Waals surface area contributed by atoms with Gasteiger partial charge in [-0.25, -0.2) is 0 Å². The van der Waals surface area contributed by atoms with Crippen LogP contribution in [0.2, 0.25) is 0 Å². The van der Waals surface area contributed by atoms with E-state index in [4.69, 9.17) is 10.1 Å². The molecule has 0 amide bonds. The lowest BCUT2D eigenvalue weighted by Gasteiger charge is -2.36. The lowest BCUT2D eigenvalue weighted by atomic mass is 9.76. The van der Waals surface area contributed by atoms with Crippen molar-refractivity contribution in [2.75, 3.05) is 0 Å². The standard InChI is InChI=1S/C20H12BrN3O3/c21-20(11-22)18(14-7-3-4-8-15(14)24(25)26)17-13-6-2-1-5-12(13)9-10-16(17)27-19(20)23/h1-10,18,23H. The Bertz CT molecular complexity index is 1150. The number of hydrogen-bond acceptors (Lipinski definition) is 5. The van der Waals surface area contributed by atoms with E-state index in [-0.39, 0.29) is 11.6 Å². The molecule has 3 aromatic carbocycles. The molecular weight excluding hydrogens is 410 g/mol. The number of ether oxygens (including phenoxy) is 1. The maximum absolute atomic E-state index is 11.6. The second-order valence-corrected chi connectivity index (χ2v) is 7.45. The Morgan fingerprint density at radius 1 is 1.15 bits per heavy atom. The predicted molar refractivity (Wildman–Crippen MR) is 105 cm³/mol. The molecular formula is C20H12BrN3O3. The topological polar surface area (TPSA) is 100 Å². The summed E-state index contributed by atoms with van der Waals surface area (Å²) in [4.78, 5) is 11.2. The molecule has 1 heterocycles. The number of nitrogens with zero attached hydrogens (tertiary/aromatic N) is 2. The molecule has 7 heteroatoms. The maximum Gasteiger partial charge on any atom is 0.273 e. The lowest BCUT2D eigenvalue weighted by molar-refractivity contribution is -0.385. The zero-order valence-electron chi connectivity index (χ0n) is 13.8. The molecule has 6 nitrogen and oxygen atoms in total. The van der Waals surface area contributed by atoms with Gasteiger partial charge in [-0.2, -0.15) is 5.26 Å². The van der Waals surface area contributed by atoms with Crippen molar-refractivity contribution in [3.05, 3.63) is 81.9 Å². The second kappa shape index (κ2) is 6.18. The summed E-state index contributed by atoms with van der Waals surface area (Å²) in [6.07, 6.45) is 0. The Kier molecular flexibility index (Phi) is 3.93. The summed E-state index contributed by atoms with van der Waals surface area (Å²) < 4.78 is 4.08. The van der Waals surface area contributed by atoms with E-state index in [2.05, 4.69) is 22.0 Å². The molecule has 0 aliphatic carbocycles. The zero-order valence-corrected chi connectivity index (χ0v) is 15.4. The number of nitrogens with one attached hydrogen (secondary N) is 1. The molecule has 2 atom stereocenters. The van der Waals surface area contributed by atoms with Crippen molar-refractivity contribution in [1.82, 2.24) is 0 Å². The molecule has 0 spiro atoms. The number of alkyl halides is 1. The Labute approximate surface area is 162 Å². The van der Waals surface area contributed by atoms with Gasteiger partial charge in [0.05, 0.1) is 16.9 Å². The average Bonchev–Trinajstić information content (AvgIpc) is 2.69. The molecule has 0 saturated heterocycles. The molecule has 1 aliphatic rings. The van der Waals surface area contributed by atoms with Crippen LogP contribution in [0.5, 0.6) is 5.75 Å². The largest absolute Gasteiger partial charge is 0.441 e. The molecule has 132 valence electrons. The van der Waals surface area contributed by atoms with E-state index in [1.54, 1.807) is 24.3 Å². The van der Waals surface area contributed by atoms with Crippen molar-refractivity contribution in [2.24, 2.45) is 0 Å². The van der Waals surface area contributed by atoms with Gasteiger partial charge in [0, 0.05) is 17.2 Å². The summed E-state index contributed by atoms with van der Waals surface area (Å²) in [5.41, 5.74) is 0.901.